The summed E-state index contributed by atoms with van der Waals surface area (Å²) in [5.74, 6) is 0.197. The molecule has 152 valence electrons. The molecule has 30 heavy (non-hydrogen) atoms. The molecule has 1 aromatic heterocycles. The molecule has 8 heteroatoms. The quantitative estimate of drug-likeness (QED) is 0.613. The molecule has 0 unspecified atom stereocenters. The smallest absolute Gasteiger partial charge is 0.253 e. The minimum Gasteiger partial charge on any atom is -0.350 e. The highest BCUT2D eigenvalue weighted by molar-refractivity contribution is 6.31. The summed E-state index contributed by atoms with van der Waals surface area (Å²) < 4.78 is 0. The minimum atomic E-state index is -0.290. The third-order valence-corrected chi connectivity index (χ3v) is 5.17. The van der Waals surface area contributed by atoms with Crippen LogP contribution in [0.2, 0.25) is 5.02 Å². The molecule has 0 saturated carbocycles. The maximum atomic E-state index is 12.8. The summed E-state index contributed by atoms with van der Waals surface area (Å²) in [6.07, 6.45) is 3.74. The van der Waals surface area contributed by atoms with E-state index in [4.69, 9.17) is 11.6 Å². The van der Waals surface area contributed by atoms with Crippen LogP contribution in [0, 0.1) is 0 Å². The molecule has 1 aliphatic heterocycles. The van der Waals surface area contributed by atoms with E-state index in [1.165, 1.54) is 6.08 Å². The zero-order valence-electron chi connectivity index (χ0n) is 16.1. The van der Waals surface area contributed by atoms with Gasteiger partial charge in [0, 0.05) is 47.0 Å². The van der Waals surface area contributed by atoms with Crippen LogP contribution in [-0.4, -0.2) is 45.8 Å². The maximum Gasteiger partial charge on any atom is 0.253 e. The zero-order valence-corrected chi connectivity index (χ0v) is 16.9. The Balaban J connectivity index is 1.38. The Labute approximate surface area is 178 Å². The molecule has 0 radical (unpaired) electrons. The maximum absolute atomic E-state index is 12.8. The molecule has 2 amide bonds. The van der Waals surface area contributed by atoms with Crippen LogP contribution in [0.3, 0.4) is 0 Å². The van der Waals surface area contributed by atoms with Crippen molar-refractivity contribution >= 4 is 46.0 Å². The van der Waals surface area contributed by atoms with Gasteiger partial charge in [0.05, 0.1) is 5.52 Å². The lowest BCUT2D eigenvalue weighted by Gasteiger charge is -2.17. The summed E-state index contributed by atoms with van der Waals surface area (Å²) >= 11 is 6.00. The van der Waals surface area contributed by atoms with E-state index in [1.807, 2.05) is 12.1 Å². The second kappa shape index (κ2) is 8.51. The summed E-state index contributed by atoms with van der Waals surface area (Å²) in [6.45, 7) is 4.63. The number of benzene rings is 2. The van der Waals surface area contributed by atoms with Crippen LogP contribution in [0.25, 0.3) is 10.9 Å². The molecule has 0 aliphatic carbocycles. The summed E-state index contributed by atoms with van der Waals surface area (Å²) in [5.41, 5.74) is 2.00. The Morgan fingerprint density at radius 3 is 2.77 bits per heavy atom. The van der Waals surface area contributed by atoms with Crippen molar-refractivity contribution in [2.45, 2.75) is 12.5 Å². The Hall–Kier alpha value is -3.45. The fraction of sp³-hybridized carbons (Fsp3) is 0.182. The second-order valence-corrected chi connectivity index (χ2v) is 7.49. The Morgan fingerprint density at radius 1 is 1.20 bits per heavy atom. The first-order valence-corrected chi connectivity index (χ1v) is 9.91. The lowest BCUT2D eigenvalue weighted by atomic mass is 10.2. The van der Waals surface area contributed by atoms with Gasteiger partial charge in [0.2, 0.25) is 11.9 Å². The number of amides is 2. The predicted octanol–water partition coefficient (Wildman–Crippen LogP) is 3.73. The van der Waals surface area contributed by atoms with Gasteiger partial charge in [-0.25, -0.2) is 9.97 Å². The van der Waals surface area contributed by atoms with E-state index in [0.717, 1.165) is 17.3 Å². The van der Waals surface area contributed by atoms with Crippen LogP contribution in [0.4, 0.5) is 11.6 Å². The molecule has 1 aliphatic rings. The summed E-state index contributed by atoms with van der Waals surface area (Å²) in [4.78, 5) is 34.8. The number of nitrogens with zero attached hydrogens (tertiary/aromatic N) is 3. The number of hydrogen-bond acceptors (Lipinski definition) is 5. The molecule has 0 bridgehead atoms. The van der Waals surface area contributed by atoms with Crippen molar-refractivity contribution in [2.75, 3.05) is 23.7 Å². The molecule has 3 aromatic rings. The molecular formula is C22H20ClN5O2. The SMILES string of the molecule is C=CC(=O)Nc1ccc(C(=O)N2CC[C@H](Nc3ncc4cc(Cl)ccc4n3)C2)cc1. The first-order chi connectivity index (χ1) is 14.5. The molecule has 2 N–H and O–H groups in total. The standard InChI is InChI=1S/C22H20ClN5O2/c1-2-20(29)25-17-6-3-14(4-7-17)21(30)28-10-9-18(13-28)26-22-24-12-15-11-16(23)5-8-19(15)27-22/h2-8,11-12,18H,1,9-10,13H2,(H,25,29)(H,24,26,27)/t18-/m0/s1. The number of fused-ring (bicyclic) bond motifs is 1. The third kappa shape index (κ3) is 4.41. The molecule has 7 nitrogen and oxygen atoms in total. The van der Waals surface area contributed by atoms with Gasteiger partial charge < -0.3 is 15.5 Å². The normalized spacial score (nSPS) is 15.8. The molecular weight excluding hydrogens is 402 g/mol. The molecule has 0 spiro atoms. The molecule has 4 rings (SSSR count). The van der Waals surface area contributed by atoms with Crippen molar-refractivity contribution in [3.05, 3.63) is 71.9 Å². The zero-order chi connectivity index (χ0) is 21.1. The molecule has 1 fully saturated rings. The lowest BCUT2D eigenvalue weighted by Crippen LogP contribution is -2.31. The number of likely N-dealkylation sites (tertiary alicyclic amines) is 1. The van der Waals surface area contributed by atoms with Crippen LogP contribution >= 0.6 is 11.6 Å². The van der Waals surface area contributed by atoms with Gasteiger partial charge in [0.25, 0.3) is 5.91 Å². The van der Waals surface area contributed by atoms with Crippen molar-refractivity contribution in [2.24, 2.45) is 0 Å². The summed E-state index contributed by atoms with van der Waals surface area (Å²) in [7, 11) is 0. The third-order valence-electron chi connectivity index (χ3n) is 4.94. The summed E-state index contributed by atoms with van der Waals surface area (Å²) in [5, 5.41) is 7.50. The lowest BCUT2D eigenvalue weighted by molar-refractivity contribution is -0.111. The molecule has 2 heterocycles. The minimum absolute atomic E-state index is 0.0463. The van der Waals surface area contributed by atoms with Crippen molar-refractivity contribution in [1.82, 2.24) is 14.9 Å². The Bertz CT molecular complexity index is 1120. The largest absolute Gasteiger partial charge is 0.350 e. The van der Waals surface area contributed by atoms with E-state index < -0.39 is 0 Å². The van der Waals surface area contributed by atoms with E-state index in [1.54, 1.807) is 41.4 Å². The number of carbonyl (C=O) groups excluding carboxylic acids is 2. The molecule has 2 aromatic carbocycles. The van der Waals surface area contributed by atoms with Crippen LogP contribution < -0.4 is 10.6 Å². The van der Waals surface area contributed by atoms with E-state index in [0.29, 0.717) is 35.3 Å². The predicted molar refractivity (Wildman–Crippen MR) is 118 cm³/mol. The monoisotopic (exact) mass is 421 g/mol. The van der Waals surface area contributed by atoms with Gasteiger partial charge in [-0.2, -0.15) is 0 Å². The Kier molecular flexibility index (Phi) is 5.63. The van der Waals surface area contributed by atoms with E-state index in [9.17, 15) is 9.59 Å². The first kappa shape index (κ1) is 19.8. The fourth-order valence-electron chi connectivity index (χ4n) is 3.39. The highest BCUT2D eigenvalue weighted by atomic mass is 35.5. The van der Waals surface area contributed by atoms with Crippen molar-refractivity contribution in [3.63, 3.8) is 0 Å². The van der Waals surface area contributed by atoms with Gasteiger partial charge in [-0.1, -0.05) is 18.2 Å². The van der Waals surface area contributed by atoms with Gasteiger partial charge in [0.15, 0.2) is 0 Å². The van der Waals surface area contributed by atoms with E-state index >= 15 is 0 Å². The fourth-order valence-corrected chi connectivity index (χ4v) is 3.57. The number of hydrogen-bond donors (Lipinski definition) is 2. The average molecular weight is 422 g/mol. The van der Waals surface area contributed by atoms with Crippen molar-refractivity contribution in [1.29, 1.82) is 0 Å². The van der Waals surface area contributed by atoms with Gasteiger partial charge in [-0.15, -0.1) is 0 Å². The number of carbonyl (C=O) groups is 2. The van der Waals surface area contributed by atoms with Gasteiger partial charge in [-0.3, -0.25) is 9.59 Å². The molecule has 1 atom stereocenters. The second-order valence-electron chi connectivity index (χ2n) is 7.05. The van der Waals surface area contributed by atoms with Crippen LogP contribution in [0.15, 0.2) is 61.3 Å². The van der Waals surface area contributed by atoms with Crippen LogP contribution in [-0.2, 0) is 4.79 Å². The van der Waals surface area contributed by atoms with Crippen LogP contribution in [0.5, 0.6) is 0 Å². The van der Waals surface area contributed by atoms with E-state index in [-0.39, 0.29) is 17.9 Å². The number of halogens is 1. The molecule has 1 saturated heterocycles. The average Bonchev–Trinajstić information content (AvgIpc) is 3.22. The highest BCUT2D eigenvalue weighted by Crippen LogP contribution is 2.21. The van der Waals surface area contributed by atoms with Gasteiger partial charge in [-0.05, 0) is 55.0 Å². The van der Waals surface area contributed by atoms with Crippen LogP contribution in [0.1, 0.15) is 16.8 Å². The first-order valence-electron chi connectivity index (χ1n) is 9.53. The van der Waals surface area contributed by atoms with Gasteiger partial charge >= 0.3 is 0 Å². The van der Waals surface area contributed by atoms with E-state index in [2.05, 4.69) is 27.2 Å². The number of rotatable bonds is 5. The van der Waals surface area contributed by atoms with Gasteiger partial charge in [0.1, 0.15) is 0 Å². The topological polar surface area (TPSA) is 87.2 Å². The summed E-state index contributed by atoms with van der Waals surface area (Å²) in [6, 6.07) is 12.4. The number of aromatic nitrogens is 2. The van der Waals surface area contributed by atoms with Crippen molar-refractivity contribution in [3.8, 4) is 0 Å². The number of anilines is 2. The highest BCUT2D eigenvalue weighted by Gasteiger charge is 2.27. The number of nitrogens with one attached hydrogen (secondary N) is 2. The van der Waals surface area contributed by atoms with Crippen molar-refractivity contribution < 1.29 is 9.59 Å². The Morgan fingerprint density at radius 2 is 2.00 bits per heavy atom.